The van der Waals surface area contributed by atoms with E-state index in [1.54, 1.807) is 0 Å². The molecule has 0 aromatic heterocycles. The molecule has 0 aliphatic heterocycles. The van der Waals surface area contributed by atoms with Gasteiger partial charge in [-0.2, -0.15) is 21.6 Å². The van der Waals surface area contributed by atoms with Crippen molar-refractivity contribution >= 4 is 15.9 Å². The molecule has 2 N–H and O–H groups in total. The van der Waals surface area contributed by atoms with Gasteiger partial charge in [0.2, 0.25) is 0 Å². The number of aromatic hydroxyl groups is 1. The van der Waals surface area contributed by atoms with E-state index in [1.165, 1.54) is 0 Å². The van der Waals surface area contributed by atoms with Crippen molar-refractivity contribution in [2.75, 3.05) is 0 Å². The molecule has 1 rings (SSSR count). The molecule has 0 heterocycles. The summed E-state index contributed by atoms with van der Waals surface area (Å²) in [5.41, 5.74) is -5.88. The molecule has 0 aliphatic rings. The van der Waals surface area contributed by atoms with Crippen molar-refractivity contribution in [2.24, 2.45) is 0 Å². The van der Waals surface area contributed by atoms with E-state index >= 15 is 0 Å². The standard InChI is InChI=1S/C8H6F3NO4S/c9-8(10,11)17(15,16)12-7(14)5-1-3-6(13)4-2-5/h1-4,13H,(H,12,14). The maximum Gasteiger partial charge on any atom is 0.516 e. The lowest BCUT2D eigenvalue weighted by Crippen LogP contribution is -2.40. The maximum absolute atomic E-state index is 11.9. The van der Waals surface area contributed by atoms with Crippen LogP contribution in [0.2, 0.25) is 0 Å². The molecule has 0 saturated carbocycles. The smallest absolute Gasteiger partial charge is 0.508 e. The molecule has 1 aromatic rings. The molecular weight excluding hydrogens is 263 g/mol. The highest BCUT2D eigenvalue weighted by atomic mass is 32.2. The Hall–Kier alpha value is -1.77. The molecule has 0 unspecified atom stereocenters. The number of carbonyl (C=O) groups is 1. The highest BCUT2D eigenvalue weighted by Crippen LogP contribution is 2.22. The van der Waals surface area contributed by atoms with Gasteiger partial charge in [0.1, 0.15) is 5.75 Å². The number of hydrogen-bond acceptors (Lipinski definition) is 4. The second kappa shape index (κ2) is 4.24. The topological polar surface area (TPSA) is 83.5 Å². The summed E-state index contributed by atoms with van der Waals surface area (Å²) in [5.74, 6) is -1.64. The summed E-state index contributed by atoms with van der Waals surface area (Å²) in [7, 11) is -5.72. The second-order valence-corrected chi connectivity index (χ2v) is 4.60. The first-order chi connectivity index (χ1) is 7.63. The molecular formula is C8H6F3NO4S. The average molecular weight is 269 g/mol. The first-order valence-electron chi connectivity index (χ1n) is 4.06. The number of nitrogens with one attached hydrogen (secondary N) is 1. The van der Waals surface area contributed by atoms with Crippen LogP contribution in [0.15, 0.2) is 24.3 Å². The Morgan fingerprint density at radius 2 is 1.65 bits per heavy atom. The fourth-order valence-corrected chi connectivity index (χ4v) is 1.33. The quantitative estimate of drug-likeness (QED) is 0.838. The third-order valence-electron chi connectivity index (χ3n) is 1.66. The Labute approximate surface area is 93.9 Å². The first-order valence-corrected chi connectivity index (χ1v) is 5.54. The van der Waals surface area contributed by atoms with E-state index in [9.17, 15) is 26.4 Å². The minimum Gasteiger partial charge on any atom is -0.508 e. The van der Waals surface area contributed by atoms with Crippen LogP contribution in [0.3, 0.4) is 0 Å². The zero-order valence-electron chi connectivity index (χ0n) is 8.02. The Kier molecular flexibility index (Phi) is 3.32. The lowest BCUT2D eigenvalue weighted by Gasteiger charge is -2.09. The van der Waals surface area contributed by atoms with E-state index < -0.39 is 21.4 Å². The van der Waals surface area contributed by atoms with Crippen LogP contribution in [-0.4, -0.2) is 24.9 Å². The molecule has 0 spiro atoms. The van der Waals surface area contributed by atoms with Gasteiger partial charge in [0.25, 0.3) is 5.91 Å². The maximum atomic E-state index is 11.9. The summed E-state index contributed by atoms with van der Waals surface area (Å²) < 4.78 is 57.8. The molecule has 1 aromatic carbocycles. The number of phenols is 1. The van der Waals surface area contributed by atoms with Crippen molar-refractivity contribution in [3.8, 4) is 5.75 Å². The van der Waals surface area contributed by atoms with Crippen molar-refractivity contribution in [1.29, 1.82) is 0 Å². The number of benzene rings is 1. The van der Waals surface area contributed by atoms with E-state index in [4.69, 9.17) is 5.11 Å². The molecule has 0 fully saturated rings. The van der Waals surface area contributed by atoms with Crippen LogP contribution in [0.5, 0.6) is 5.75 Å². The molecule has 9 heteroatoms. The van der Waals surface area contributed by atoms with E-state index in [-0.39, 0.29) is 11.3 Å². The van der Waals surface area contributed by atoms with E-state index in [2.05, 4.69) is 0 Å². The van der Waals surface area contributed by atoms with Gasteiger partial charge in [-0.1, -0.05) is 0 Å². The van der Waals surface area contributed by atoms with Crippen molar-refractivity contribution in [3.05, 3.63) is 29.8 Å². The highest BCUT2D eigenvalue weighted by Gasteiger charge is 2.47. The van der Waals surface area contributed by atoms with Gasteiger partial charge in [-0.3, -0.25) is 4.79 Å². The normalized spacial score (nSPS) is 12.2. The number of hydrogen-bond donors (Lipinski definition) is 2. The summed E-state index contributed by atoms with van der Waals surface area (Å²) in [6.45, 7) is 0. The van der Waals surface area contributed by atoms with Crippen LogP contribution in [0.4, 0.5) is 13.2 Å². The van der Waals surface area contributed by atoms with Gasteiger partial charge in [0, 0.05) is 5.56 Å². The number of alkyl halides is 3. The Morgan fingerprint density at radius 3 is 2.06 bits per heavy atom. The van der Waals surface area contributed by atoms with E-state index in [1.807, 2.05) is 0 Å². The highest BCUT2D eigenvalue weighted by molar-refractivity contribution is 7.90. The van der Waals surface area contributed by atoms with Crippen LogP contribution >= 0.6 is 0 Å². The molecule has 0 saturated heterocycles. The number of halogens is 3. The van der Waals surface area contributed by atoms with Crippen molar-refractivity contribution in [1.82, 2.24) is 4.72 Å². The lowest BCUT2D eigenvalue weighted by atomic mass is 10.2. The molecule has 5 nitrogen and oxygen atoms in total. The van der Waals surface area contributed by atoms with Crippen LogP contribution in [0, 0.1) is 0 Å². The van der Waals surface area contributed by atoms with E-state index in [0.717, 1.165) is 29.0 Å². The number of amides is 1. The average Bonchev–Trinajstić information content (AvgIpc) is 2.16. The molecule has 0 bridgehead atoms. The van der Waals surface area contributed by atoms with Crippen LogP contribution < -0.4 is 4.72 Å². The van der Waals surface area contributed by atoms with Gasteiger partial charge in [-0.05, 0) is 24.3 Å². The summed E-state index contributed by atoms with van der Waals surface area (Å²) >= 11 is 0. The Bertz CT molecular complexity index is 521. The van der Waals surface area contributed by atoms with E-state index in [0.29, 0.717) is 0 Å². The third-order valence-corrected chi connectivity index (χ3v) is 2.72. The molecule has 0 aliphatic carbocycles. The third kappa shape index (κ3) is 3.09. The molecule has 94 valence electrons. The predicted molar refractivity (Wildman–Crippen MR) is 50.5 cm³/mol. The lowest BCUT2D eigenvalue weighted by molar-refractivity contribution is -0.0446. The minimum atomic E-state index is -5.72. The Morgan fingerprint density at radius 1 is 1.18 bits per heavy atom. The predicted octanol–water partition coefficient (Wildman–Crippen LogP) is 0.972. The van der Waals surface area contributed by atoms with Gasteiger partial charge >= 0.3 is 15.5 Å². The zero-order chi connectivity index (χ0) is 13.3. The summed E-state index contributed by atoms with van der Waals surface area (Å²) in [4.78, 5) is 11.1. The second-order valence-electron chi connectivity index (χ2n) is 2.93. The number of sulfonamides is 1. The van der Waals surface area contributed by atoms with Crippen LogP contribution in [0.25, 0.3) is 0 Å². The fraction of sp³-hybridized carbons (Fsp3) is 0.125. The molecule has 0 atom stereocenters. The van der Waals surface area contributed by atoms with Gasteiger partial charge in [0.05, 0.1) is 0 Å². The van der Waals surface area contributed by atoms with Crippen molar-refractivity contribution < 1.29 is 31.5 Å². The monoisotopic (exact) mass is 269 g/mol. The molecule has 1 amide bonds. The van der Waals surface area contributed by atoms with Gasteiger partial charge in [-0.15, -0.1) is 0 Å². The van der Waals surface area contributed by atoms with Gasteiger partial charge in [-0.25, -0.2) is 4.72 Å². The summed E-state index contributed by atoms with van der Waals surface area (Å²) in [5, 5.41) is 8.87. The van der Waals surface area contributed by atoms with Crippen molar-refractivity contribution in [2.45, 2.75) is 5.51 Å². The summed E-state index contributed by atoms with van der Waals surface area (Å²) in [6, 6.07) is 4.04. The van der Waals surface area contributed by atoms with Gasteiger partial charge < -0.3 is 5.11 Å². The molecule has 17 heavy (non-hydrogen) atoms. The minimum absolute atomic E-state index is 0.208. The first kappa shape index (κ1) is 13.3. The van der Waals surface area contributed by atoms with Crippen LogP contribution in [0.1, 0.15) is 10.4 Å². The van der Waals surface area contributed by atoms with Crippen molar-refractivity contribution in [3.63, 3.8) is 0 Å². The number of phenolic OH excluding ortho intramolecular Hbond substituents is 1. The molecule has 0 radical (unpaired) electrons. The number of rotatable bonds is 2. The SMILES string of the molecule is O=C(NS(=O)(=O)C(F)(F)F)c1ccc(O)cc1. The van der Waals surface area contributed by atoms with Gasteiger partial charge in [0.15, 0.2) is 0 Å². The number of carbonyl (C=O) groups excluding carboxylic acids is 1. The largest absolute Gasteiger partial charge is 0.516 e. The summed E-state index contributed by atoms with van der Waals surface area (Å²) in [6.07, 6.45) is 0. The van der Waals surface area contributed by atoms with Crippen LogP contribution in [-0.2, 0) is 10.0 Å². The fourth-order valence-electron chi connectivity index (χ4n) is 0.852. The zero-order valence-corrected chi connectivity index (χ0v) is 8.84. The Balaban J connectivity index is 2.91.